The fourth-order valence-corrected chi connectivity index (χ4v) is 7.63. The van der Waals surface area contributed by atoms with E-state index in [0.717, 1.165) is 18.3 Å². The Kier molecular flexibility index (Phi) is 4.86. The van der Waals surface area contributed by atoms with E-state index in [0.29, 0.717) is 22.5 Å². The minimum Gasteiger partial charge on any atom is -0.508 e. The van der Waals surface area contributed by atoms with E-state index >= 15 is 0 Å². The molecule has 2 saturated carbocycles. The van der Waals surface area contributed by atoms with Crippen LogP contribution in [0.4, 0.5) is 0 Å². The molecule has 0 amide bonds. The number of rotatable bonds is 5. The largest absolute Gasteiger partial charge is 0.508 e. The van der Waals surface area contributed by atoms with Gasteiger partial charge in [0.15, 0.2) is 0 Å². The minimum absolute atomic E-state index is 0.452. The van der Waals surface area contributed by atoms with Crippen molar-refractivity contribution in [3.8, 4) is 5.75 Å². The van der Waals surface area contributed by atoms with Crippen molar-refractivity contribution in [3.05, 3.63) is 29.3 Å². The lowest BCUT2D eigenvalue weighted by molar-refractivity contribution is -0.0549. The number of hydrogen-bond donors (Lipinski definition) is 1. The zero-order valence-electron chi connectivity index (χ0n) is 17.2. The van der Waals surface area contributed by atoms with Crippen molar-refractivity contribution >= 4 is 0 Å². The number of unbranched alkanes of at least 4 members (excludes halogenated alkanes) is 3. The lowest BCUT2D eigenvalue weighted by atomic mass is 9.45. The Bertz CT molecular complexity index is 650. The molecule has 0 radical (unpaired) electrons. The molecule has 1 heteroatoms. The fourth-order valence-electron chi connectivity index (χ4n) is 7.63. The molecule has 0 spiro atoms. The number of benzene rings is 1. The van der Waals surface area contributed by atoms with Gasteiger partial charge in [-0.2, -0.15) is 0 Å². The first kappa shape index (κ1) is 18.4. The van der Waals surface area contributed by atoms with E-state index in [1.807, 2.05) is 6.07 Å². The maximum absolute atomic E-state index is 10.0. The summed E-state index contributed by atoms with van der Waals surface area (Å²) in [6.07, 6.45) is 15.2. The van der Waals surface area contributed by atoms with Crippen molar-refractivity contribution < 1.29 is 5.11 Å². The molecule has 5 unspecified atom stereocenters. The highest BCUT2D eigenvalue weighted by Gasteiger charge is 2.59. The van der Waals surface area contributed by atoms with Crippen molar-refractivity contribution in [2.75, 3.05) is 0 Å². The molecule has 0 aliphatic heterocycles. The van der Waals surface area contributed by atoms with Gasteiger partial charge in [-0.1, -0.05) is 58.9 Å². The fraction of sp³-hybridized carbons (Fsp3) is 0.760. The number of aromatic hydroxyl groups is 1. The van der Waals surface area contributed by atoms with Crippen molar-refractivity contribution in [2.24, 2.45) is 22.7 Å². The van der Waals surface area contributed by atoms with Crippen LogP contribution in [-0.4, -0.2) is 5.11 Å². The van der Waals surface area contributed by atoms with Gasteiger partial charge in [0.1, 0.15) is 5.75 Å². The second-order valence-electron chi connectivity index (χ2n) is 10.3. The van der Waals surface area contributed by atoms with E-state index in [4.69, 9.17) is 0 Å². The molecule has 2 fully saturated rings. The molecule has 144 valence electrons. The Hall–Kier alpha value is -0.980. The highest BCUT2D eigenvalue weighted by Crippen LogP contribution is 2.69. The van der Waals surface area contributed by atoms with Crippen LogP contribution < -0.4 is 0 Å². The SMILES string of the molecule is CCCCCCC1CC2(C)CCCC2C2(C)CCc3cc(O)ccc3C12. The molecule has 0 saturated heterocycles. The quantitative estimate of drug-likeness (QED) is 0.553. The maximum atomic E-state index is 10.0. The van der Waals surface area contributed by atoms with Gasteiger partial charge in [0, 0.05) is 0 Å². The summed E-state index contributed by atoms with van der Waals surface area (Å²) in [7, 11) is 0. The smallest absolute Gasteiger partial charge is 0.115 e. The first-order chi connectivity index (χ1) is 12.5. The lowest BCUT2D eigenvalue weighted by Gasteiger charge is -2.59. The number of phenols is 1. The van der Waals surface area contributed by atoms with Crippen molar-refractivity contribution in [3.63, 3.8) is 0 Å². The summed E-state index contributed by atoms with van der Waals surface area (Å²) in [5, 5.41) is 10.0. The normalized spacial score (nSPS) is 38.5. The van der Waals surface area contributed by atoms with Gasteiger partial charge >= 0.3 is 0 Å². The summed E-state index contributed by atoms with van der Waals surface area (Å²) in [6, 6.07) is 6.29. The van der Waals surface area contributed by atoms with Gasteiger partial charge < -0.3 is 5.11 Å². The van der Waals surface area contributed by atoms with Gasteiger partial charge in [-0.3, -0.25) is 0 Å². The first-order valence-corrected chi connectivity index (χ1v) is 11.3. The standard InChI is InChI=1S/C25H38O/c1-4-5-6-7-9-19-17-24(2)14-8-10-22(24)25(3)15-13-18-16-20(26)11-12-21(18)23(19)25/h11-12,16,19,22-23,26H,4-10,13-15,17H2,1-3H3. The summed E-state index contributed by atoms with van der Waals surface area (Å²) >= 11 is 0. The molecule has 4 rings (SSSR count). The van der Waals surface area contributed by atoms with Crippen LogP contribution in [0, 0.1) is 22.7 Å². The number of aryl methyl sites for hydroxylation is 1. The summed E-state index contributed by atoms with van der Waals surface area (Å²) < 4.78 is 0. The number of phenolic OH excluding ortho intramolecular Hbond substituents is 1. The van der Waals surface area contributed by atoms with E-state index in [2.05, 4.69) is 32.9 Å². The van der Waals surface area contributed by atoms with Crippen LogP contribution in [0.1, 0.15) is 102 Å². The van der Waals surface area contributed by atoms with E-state index < -0.39 is 0 Å². The molecular weight excluding hydrogens is 316 g/mol. The van der Waals surface area contributed by atoms with Crippen molar-refractivity contribution in [2.45, 2.75) is 97.3 Å². The molecule has 1 nitrogen and oxygen atoms in total. The van der Waals surface area contributed by atoms with Crippen LogP contribution in [-0.2, 0) is 6.42 Å². The van der Waals surface area contributed by atoms with E-state index in [9.17, 15) is 5.11 Å². The molecule has 26 heavy (non-hydrogen) atoms. The monoisotopic (exact) mass is 354 g/mol. The molecule has 3 aliphatic carbocycles. The van der Waals surface area contributed by atoms with Crippen LogP contribution in [0.5, 0.6) is 5.75 Å². The van der Waals surface area contributed by atoms with Crippen LogP contribution in [0.25, 0.3) is 0 Å². The Labute approximate surface area is 160 Å². The van der Waals surface area contributed by atoms with Gasteiger partial charge in [0.2, 0.25) is 0 Å². The Morgan fingerprint density at radius 2 is 1.96 bits per heavy atom. The van der Waals surface area contributed by atoms with E-state index in [-0.39, 0.29) is 0 Å². The Morgan fingerprint density at radius 1 is 1.12 bits per heavy atom. The second kappa shape index (κ2) is 6.88. The van der Waals surface area contributed by atoms with Crippen molar-refractivity contribution in [1.82, 2.24) is 0 Å². The van der Waals surface area contributed by atoms with Crippen LogP contribution in [0.2, 0.25) is 0 Å². The van der Waals surface area contributed by atoms with Crippen LogP contribution >= 0.6 is 0 Å². The number of fused-ring (bicyclic) bond motifs is 5. The molecule has 1 aromatic rings. The molecular formula is C25H38O. The molecule has 1 N–H and O–H groups in total. The third-order valence-corrected chi connectivity index (χ3v) is 8.61. The van der Waals surface area contributed by atoms with Gasteiger partial charge in [-0.05, 0) is 90.4 Å². The summed E-state index contributed by atoms with van der Waals surface area (Å²) in [5.41, 5.74) is 4.07. The average Bonchev–Trinajstić information content (AvgIpc) is 3.01. The minimum atomic E-state index is 0.452. The van der Waals surface area contributed by atoms with Gasteiger partial charge in [-0.15, -0.1) is 0 Å². The van der Waals surface area contributed by atoms with E-state index in [1.165, 1.54) is 69.8 Å². The summed E-state index contributed by atoms with van der Waals surface area (Å²) in [4.78, 5) is 0. The van der Waals surface area contributed by atoms with Gasteiger partial charge in [-0.25, -0.2) is 0 Å². The van der Waals surface area contributed by atoms with Gasteiger partial charge in [0.05, 0.1) is 0 Å². The van der Waals surface area contributed by atoms with E-state index in [1.54, 1.807) is 5.56 Å². The third-order valence-electron chi connectivity index (χ3n) is 8.61. The van der Waals surface area contributed by atoms with Crippen LogP contribution in [0.15, 0.2) is 18.2 Å². The summed E-state index contributed by atoms with van der Waals surface area (Å²) in [5.74, 6) is 2.90. The predicted octanol–water partition coefficient (Wildman–Crippen LogP) is 7.23. The topological polar surface area (TPSA) is 20.2 Å². The van der Waals surface area contributed by atoms with Crippen LogP contribution in [0.3, 0.4) is 0 Å². The Morgan fingerprint density at radius 3 is 2.77 bits per heavy atom. The van der Waals surface area contributed by atoms with Crippen molar-refractivity contribution in [1.29, 1.82) is 0 Å². The average molecular weight is 355 g/mol. The molecule has 3 aliphatic rings. The zero-order valence-corrected chi connectivity index (χ0v) is 17.2. The van der Waals surface area contributed by atoms with Gasteiger partial charge in [0.25, 0.3) is 0 Å². The Balaban J connectivity index is 1.69. The highest BCUT2D eigenvalue weighted by molar-refractivity contribution is 5.41. The number of hydrogen-bond acceptors (Lipinski definition) is 1. The molecule has 1 aromatic carbocycles. The predicted molar refractivity (Wildman–Crippen MR) is 110 cm³/mol. The molecule has 0 bridgehead atoms. The third kappa shape index (κ3) is 2.90. The lowest BCUT2D eigenvalue weighted by Crippen LogP contribution is -2.51. The zero-order chi connectivity index (χ0) is 18.4. The summed E-state index contributed by atoms with van der Waals surface area (Å²) in [6.45, 7) is 7.57. The second-order valence-corrected chi connectivity index (χ2v) is 10.3. The maximum Gasteiger partial charge on any atom is 0.115 e. The highest BCUT2D eigenvalue weighted by atomic mass is 16.3. The molecule has 0 heterocycles. The molecule has 0 aromatic heterocycles. The first-order valence-electron chi connectivity index (χ1n) is 11.3. The molecule has 5 atom stereocenters.